The van der Waals surface area contributed by atoms with Crippen LogP contribution >= 0.6 is 11.6 Å². The molecule has 0 spiro atoms. The molecule has 1 fully saturated rings. The van der Waals surface area contributed by atoms with Gasteiger partial charge in [-0.1, -0.05) is 23.7 Å². The van der Waals surface area contributed by atoms with E-state index in [9.17, 15) is 4.79 Å². The Kier molecular flexibility index (Phi) is 4.44. The summed E-state index contributed by atoms with van der Waals surface area (Å²) in [4.78, 5) is 13.8. The van der Waals surface area contributed by atoms with E-state index in [1.54, 1.807) is 4.90 Å². The molecule has 1 heterocycles. The minimum Gasteiger partial charge on any atom is -0.378 e. The van der Waals surface area contributed by atoms with Crippen LogP contribution in [0.15, 0.2) is 24.3 Å². The van der Waals surface area contributed by atoms with Crippen LogP contribution in [0.4, 0.5) is 4.79 Å². The second-order valence-electron chi connectivity index (χ2n) is 4.32. The first kappa shape index (κ1) is 13.2. The molecule has 98 valence electrons. The number of hydrogen-bond donors (Lipinski definition) is 1. The van der Waals surface area contributed by atoms with Gasteiger partial charge in [0.25, 0.3) is 0 Å². The fraction of sp³-hybridized carbons (Fsp3) is 0.462. The van der Waals surface area contributed by atoms with Crippen molar-refractivity contribution in [1.29, 1.82) is 0 Å². The van der Waals surface area contributed by atoms with Crippen molar-refractivity contribution in [2.24, 2.45) is 0 Å². The number of nitrogens with one attached hydrogen (secondary N) is 1. The van der Waals surface area contributed by atoms with Crippen molar-refractivity contribution in [2.75, 3.05) is 26.3 Å². The van der Waals surface area contributed by atoms with Crippen LogP contribution in [0.3, 0.4) is 0 Å². The first-order chi connectivity index (χ1) is 8.66. The van der Waals surface area contributed by atoms with Crippen molar-refractivity contribution < 1.29 is 9.53 Å². The molecule has 2 rings (SSSR count). The second-order valence-corrected chi connectivity index (χ2v) is 4.76. The third kappa shape index (κ3) is 3.37. The molecular weight excluding hydrogens is 252 g/mol. The quantitative estimate of drug-likeness (QED) is 0.895. The standard InChI is InChI=1S/C13H17ClN2O2/c1-10(11-2-4-12(14)5-3-11)15-13(17)16-6-8-18-9-7-16/h2-5,10H,6-9H2,1H3,(H,15,17). The van der Waals surface area contributed by atoms with E-state index in [4.69, 9.17) is 16.3 Å². The fourth-order valence-corrected chi connectivity index (χ4v) is 2.00. The van der Waals surface area contributed by atoms with E-state index in [1.165, 1.54) is 0 Å². The van der Waals surface area contributed by atoms with Gasteiger partial charge in [0.05, 0.1) is 19.3 Å². The summed E-state index contributed by atoms with van der Waals surface area (Å²) in [6, 6.07) is 7.43. The molecular formula is C13H17ClN2O2. The van der Waals surface area contributed by atoms with Gasteiger partial charge in [-0.3, -0.25) is 0 Å². The predicted octanol–water partition coefficient (Wildman–Crippen LogP) is 2.44. The highest BCUT2D eigenvalue weighted by Gasteiger charge is 2.18. The summed E-state index contributed by atoms with van der Waals surface area (Å²) in [5.74, 6) is 0. The lowest BCUT2D eigenvalue weighted by molar-refractivity contribution is 0.0526. The lowest BCUT2D eigenvalue weighted by atomic mass is 10.1. The van der Waals surface area contributed by atoms with Gasteiger partial charge in [0.15, 0.2) is 0 Å². The maximum absolute atomic E-state index is 12.0. The summed E-state index contributed by atoms with van der Waals surface area (Å²) in [6.45, 7) is 4.49. The van der Waals surface area contributed by atoms with Gasteiger partial charge < -0.3 is 15.0 Å². The van der Waals surface area contributed by atoms with E-state index in [0.29, 0.717) is 31.3 Å². The van der Waals surface area contributed by atoms with Crippen LogP contribution in [0.25, 0.3) is 0 Å². The van der Waals surface area contributed by atoms with Gasteiger partial charge in [-0.15, -0.1) is 0 Å². The van der Waals surface area contributed by atoms with E-state index >= 15 is 0 Å². The number of amides is 2. The van der Waals surface area contributed by atoms with Gasteiger partial charge in [0.2, 0.25) is 0 Å². The number of rotatable bonds is 2. The summed E-state index contributed by atoms with van der Waals surface area (Å²) in [7, 11) is 0. The Morgan fingerprint density at radius 3 is 2.56 bits per heavy atom. The van der Waals surface area contributed by atoms with Crippen molar-refractivity contribution in [3.63, 3.8) is 0 Å². The zero-order valence-corrected chi connectivity index (χ0v) is 11.1. The molecule has 0 aliphatic carbocycles. The van der Waals surface area contributed by atoms with Crippen LogP contribution in [0.5, 0.6) is 0 Å². The SMILES string of the molecule is CC(NC(=O)N1CCOCC1)c1ccc(Cl)cc1. The number of nitrogens with zero attached hydrogens (tertiary/aromatic N) is 1. The lowest BCUT2D eigenvalue weighted by Crippen LogP contribution is -2.46. The smallest absolute Gasteiger partial charge is 0.318 e. The van der Waals surface area contributed by atoms with Crippen molar-refractivity contribution >= 4 is 17.6 Å². The third-order valence-electron chi connectivity index (χ3n) is 3.01. The molecule has 1 aliphatic rings. The fourth-order valence-electron chi connectivity index (χ4n) is 1.88. The number of morpholine rings is 1. The third-order valence-corrected chi connectivity index (χ3v) is 3.26. The Hall–Kier alpha value is -1.26. The Bertz CT molecular complexity index is 402. The average molecular weight is 269 g/mol. The molecule has 1 atom stereocenters. The molecule has 18 heavy (non-hydrogen) atoms. The zero-order chi connectivity index (χ0) is 13.0. The first-order valence-electron chi connectivity index (χ1n) is 6.05. The molecule has 0 radical (unpaired) electrons. The Balaban J connectivity index is 1.91. The van der Waals surface area contributed by atoms with E-state index in [2.05, 4.69) is 5.32 Å². The number of benzene rings is 1. The Morgan fingerprint density at radius 2 is 1.94 bits per heavy atom. The monoisotopic (exact) mass is 268 g/mol. The molecule has 5 heteroatoms. The normalized spacial score (nSPS) is 17.3. The van der Waals surface area contributed by atoms with E-state index < -0.39 is 0 Å². The van der Waals surface area contributed by atoms with Crippen LogP contribution in [0, 0.1) is 0 Å². The van der Waals surface area contributed by atoms with Crippen LogP contribution in [-0.2, 0) is 4.74 Å². The van der Waals surface area contributed by atoms with Crippen molar-refractivity contribution in [1.82, 2.24) is 10.2 Å². The summed E-state index contributed by atoms with van der Waals surface area (Å²) in [5, 5.41) is 3.67. The van der Waals surface area contributed by atoms with Crippen molar-refractivity contribution in [3.8, 4) is 0 Å². The van der Waals surface area contributed by atoms with E-state index in [-0.39, 0.29) is 12.1 Å². The highest BCUT2D eigenvalue weighted by Crippen LogP contribution is 2.16. The molecule has 0 aromatic heterocycles. The maximum Gasteiger partial charge on any atom is 0.318 e. The van der Waals surface area contributed by atoms with Crippen LogP contribution in [0.1, 0.15) is 18.5 Å². The highest BCUT2D eigenvalue weighted by molar-refractivity contribution is 6.30. The molecule has 1 N–H and O–H groups in total. The van der Waals surface area contributed by atoms with Crippen LogP contribution in [-0.4, -0.2) is 37.2 Å². The summed E-state index contributed by atoms with van der Waals surface area (Å²) < 4.78 is 5.22. The summed E-state index contributed by atoms with van der Waals surface area (Å²) in [5.41, 5.74) is 1.04. The molecule has 1 aromatic rings. The van der Waals surface area contributed by atoms with Gasteiger partial charge in [-0.25, -0.2) is 4.79 Å². The molecule has 1 aliphatic heterocycles. The minimum absolute atomic E-state index is 0.0300. The number of urea groups is 1. The average Bonchev–Trinajstić information content (AvgIpc) is 2.40. The summed E-state index contributed by atoms with van der Waals surface area (Å²) in [6.07, 6.45) is 0. The second kappa shape index (κ2) is 6.07. The first-order valence-corrected chi connectivity index (χ1v) is 6.43. The van der Waals surface area contributed by atoms with Gasteiger partial charge in [0.1, 0.15) is 0 Å². The molecule has 1 unspecified atom stereocenters. The van der Waals surface area contributed by atoms with Crippen LogP contribution in [0.2, 0.25) is 5.02 Å². The number of ether oxygens (including phenoxy) is 1. The number of halogens is 1. The number of carbonyl (C=O) groups is 1. The van der Waals surface area contributed by atoms with Crippen molar-refractivity contribution in [2.45, 2.75) is 13.0 Å². The van der Waals surface area contributed by atoms with Gasteiger partial charge in [-0.05, 0) is 24.6 Å². The highest BCUT2D eigenvalue weighted by atomic mass is 35.5. The number of hydrogen-bond acceptors (Lipinski definition) is 2. The topological polar surface area (TPSA) is 41.6 Å². The molecule has 2 amide bonds. The van der Waals surface area contributed by atoms with Gasteiger partial charge >= 0.3 is 6.03 Å². The maximum atomic E-state index is 12.0. The lowest BCUT2D eigenvalue weighted by Gasteiger charge is -2.28. The molecule has 1 saturated heterocycles. The zero-order valence-electron chi connectivity index (χ0n) is 10.4. The van der Waals surface area contributed by atoms with Crippen LogP contribution < -0.4 is 5.32 Å². The largest absolute Gasteiger partial charge is 0.378 e. The van der Waals surface area contributed by atoms with Gasteiger partial charge in [0, 0.05) is 18.1 Å². The summed E-state index contributed by atoms with van der Waals surface area (Å²) >= 11 is 5.83. The Morgan fingerprint density at radius 1 is 1.33 bits per heavy atom. The van der Waals surface area contributed by atoms with Crippen molar-refractivity contribution in [3.05, 3.63) is 34.9 Å². The van der Waals surface area contributed by atoms with E-state index in [0.717, 1.165) is 5.56 Å². The van der Waals surface area contributed by atoms with Gasteiger partial charge in [-0.2, -0.15) is 0 Å². The molecule has 4 nitrogen and oxygen atoms in total. The minimum atomic E-state index is -0.0410. The molecule has 0 saturated carbocycles. The predicted molar refractivity (Wildman–Crippen MR) is 70.8 cm³/mol. The van der Waals surface area contributed by atoms with E-state index in [1.807, 2.05) is 31.2 Å². The molecule has 0 bridgehead atoms. The molecule has 1 aromatic carbocycles. The number of carbonyl (C=O) groups excluding carboxylic acids is 1. The Labute approximate surface area is 112 Å².